The Balaban J connectivity index is 2.55. The Kier molecular flexibility index (Phi) is 3.53. The molecule has 0 radical (unpaired) electrons. The molecule has 0 bridgehead atoms. The molecule has 1 saturated carbocycles. The molecule has 1 rings (SSSR count). The largest absolute Gasteiger partial charge is 0.390 e. The molecule has 0 aromatic carbocycles. The second-order valence-electron chi connectivity index (χ2n) is 3.99. The second-order valence-corrected chi connectivity index (χ2v) is 3.99. The molecular weight excluding hydrogens is 150 g/mol. The molecule has 3 N–H and O–H groups in total. The van der Waals surface area contributed by atoms with Gasteiger partial charge in [0.25, 0.3) is 0 Å². The van der Waals surface area contributed by atoms with Crippen LogP contribution in [0, 0.1) is 5.92 Å². The maximum atomic E-state index is 10.3. The molecule has 0 saturated heterocycles. The van der Waals surface area contributed by atoms with Crippen molar-refractivity contribution in [1.82, 2.24) is 0 Å². The predicted molar refractivity (Wildman–Crippen MR) is 50.9 cm³/mol. The van der Waals surface area contributed by atoms with Crippen LogP contribution in [0.5, 0.6) is 0 Å². The van der Waals surface area contributed by atoms with E-state index < -0.39 is 5.60 Å². The van der Waals surface area contributed by atoms with Gasteiger partial charge in [0.15, 0.2) is 0 Å². The Morgan fingerprint density at radius 2 is 2.25 bits per heavy atom. The molecule has 2 atom stereocenters. The number of aliphatic hydroxyl groups is 1. The molecule has 0 amide bonds. The lowest BCUT2D eigenvalue weighted by Gasteiger charge is -2.39. The zero-order valence-electron chi connectivity index (χ0n) is 8.05. The van der Waals surface area contributed by atoms with Gasteiger partial charge in [-0.2, -0.15) is 0 Å². The number of hydrogen-bond donors (Lipinski definition) is 2. The second kappa shape index (κ2) is 4.24. The van der Waals surface area contributed by atoms with Crippen LogP contribution in [-0.4, -0.2) is 17.3 Å². The van der Waals surface area contributed by atoms with E-state index in [2.05, 4.69) is 6.92 Å². The minimum atomic E-state index is -0.429. The van der Waals surface area contributed by atoms with Crippen molar-refractivity contribution in [3.63, 3.8) is 0 Å². The Bertz CT molecular complexity index is 134. The molecule has 2 heteroatoms. The molecule has 0 aromatic heterocycles. The van der Waals surface area contributed by atoms with Crippen molar-refractivity contribution in [2.75, 3.05) is 6.54 Å². The van der Waals surface area contributed by atoms with E-state index in [0.29, 0.717) is 12.5 Å². The molecule has 0 heterocycles. The lowest BCUT2D eigenvalue weighted by molar-refractivity contribution is -0.0541. The van der Waals surface area contributed by atoms with Crippen LogP contribution in [0.25, 0.3) is 0 Å². The molecule has 0 spiro atoms. The summed E-state index contributed by atoms with van der Waals surface area (Å²) >= 11 is 0. The first-order valence-corrected chi connectivity index (χ1v) is 5.15. The molecule has 72 valence electrons. The van der Waals surface area contributed by atoms with Crippen LogP contribution in [0.2, 0.25) is 0 Å². The van der Waals surface area contributed by atoms with E-state index in [1.165, 1.54) is 19.3 Å². The van der Waals surface area contributed by atoms with Crippen LogP contribution in [0.3, 0.4) is 0 Å². The fraction of sp³-hybridized carbons (Fsp3) is 1.00. The van der Waals surface area contributed by atoms with E-state index in [9.17, 15) is 5.11 Å². The van der Waals surface area contributed by atoms with E-state index in [1.807, 2.05) is 0 Å². The van der Waals surface area contributed by atoms with Crippen molar-refractivity contribution in [3.8, 4) is 0 Å². The van der Waals surface area contributed by atoms with Crippen molar-refractivity contribution in [3.05, 3.63) is 0 Å². The normalized spacial score (nSPS) is 36.8. The average molecular weight is 171 g/mol. The minimum absolute atomic E-state index is 0.429. The molecule has 1 aliphatic rings. The van der Waals surface area contributed by atoms with Gasteiger partial charge in [0.2, 0.25) is 0 Å². The van der Waals surface area contributed by atoms with Gasteiger partial charge in [0, 0.05) is 0 Å². The summed E-state index contributed by atoms with van der Waals surface area (Å²) in [6.45, 7) is 2.78. The quantitative estimate of drug-likeness (QED) is 0.678. The van der Waals surface area contributed by atoms with E-state index in [-0.39, 0.29) is 0 Å². The van der Waals surface area contributed by atoms with E-state index >= 15 is 0 Å². The molecule has 2 unspecified atom stereocenters. The first kappa shape index (κ1) is 10.0. The van der Waals surface area contributed by atoms with Gasteiger partial charge in [-0.25, -0.2) is 0 Å². The van der Waals surface area contributed by atoms with Gasteiger partial charge in [-0.3, -0.25) is 0 Å². The van der Waals surface area contributed by atoms with Crippen LogP contribution in [0.1, 0.15) is 45.4 Å². The van der Waals surface area contributed by atoms with Gasteiger partial charge in [-0.1, -0.05) is 26.2 Å². The van der Waals surface area contributed by atoms with Crippen LogP contribution in [0.15, 0.2) is 0 Å². The Morgan fingerprint density at radius 1 is 1.50 bits per heavy atom. The summed E-state index contributed by atoms with van der Waals surface area (Å²) in [7, 11) is 0. The van der Waals surface area contributed by atoms with E-state index in [0.717, 1.165) is 19.3 Å². The fourth-order valence-corrected chi connectivity index (χ4v) is 2.46. The van der Waals surface area contributed by atoms with Crippen molar-refractivity contribution in [2.45, 2.75) is 51.0 Å². The molecule has 12 heavy (non-hydrogen) atoms. The van der Waals surface area contributed by atoms with Gasteiger partial charge in [0.05, 0.1) is 5.60 Å². The van der Waals surface area contributed by atoms with Crippen molar-refractivity contribution < 1.29 is 5.11 Å². The molecule has 0 aliphatic heterocycles. The standard InChI is InChI=1S/C10H21NO/c1-2-9-5-3-4-6-10(9,12)7-8-11/h9,12H,2-8,11H2,1H3. The summed E-state index contributed by atoms with van der Waals surface area (Å²) in [5.41, 5.74) is 5.07. The molecular formula is C10H21NO. The monoisotopic (exact) mass is 171 g/mol. The lowest BCUT2D eigenvalue weighted by Crippen LogP contribution is -2.42. The third kappa shape index (κ3) is 1.99. The summed E-state index contributed by atoms with van der Waals surface area (Å²) in [5, 5.41) is 10.3. The molecule has 2 nitrogen and oxygen atoms in total. The Morgan fingerprint density at radius 3 is 2.83 bits per heavy atom. The van der Waals surface area contributed by atoms with E-state index in [4.69, 9.17) is 5.73 Å². The van der Waals surface area contributed by atoms with Gasteiger partial charge >= 0.3 is 0 Å². The molecule has 0 aromatic rings. The van der Waals surface area contributed by atoms with Crippen molar-refractivity contribution in [1.29, 1.82) is 0 Å². The van der Waals surface area contributed by atoms with Gasteiger partial charge in [0.1, 0.15) is 0 Å². The maximum absolute atomic E-state index is 10.3. The van der Waals surface area contributed by atoms with E-state index in [1.54, 1.807) is 0 Å². The lowest BCUT2D eigenvalue weighted by atomic mass is 9.72. The molecule has 1 fully saturated rings. The van der Waals surface area contributed by atoms with Crippen LogP contribution >= 0.6 is 0 Å². The molecule has 1 aliphatic carbocycles. The zero-order chi connectivity index (χ0) is 9.03. The Labute approximate surface area is 75.2 Å². The smallest absolute Gasteiger partial charge is 0.0687 e. The van der Waals surface area contributed by atoms with Gasteiger partial charge in [-0.05, 0) is 31.7 Å². The summed E-state index contributed by atoms with van der Waals surface area (Å²) in [6, 6.07) is 0. The van der Waals surface area contributed by atoms with Crippen molar-refractivity contribution in [2.24, 2.45) is 11.7 Å². The van der Waals surface area contributed by atoms with Gasteiger partial charge < -0.3 is 10.8 Å². The van der Waals surface area contributed by atoms with Crippen LogP contribution in [0.4, 0.5) is 0 Å². The third-order valence-electron chi connectivity index (χ3n) is 3.24. The minimum Gasteiger partial charge on any atom is -0.390 e. The maximum Gasteiger partial charge on any atom is 0.0687 e. The first-order valence-electron chi connectivity index (χ1n) is 5.15. The summed E-state index contributed by atoms with van der Waals surface area (Å²) in [4.78, 5) is 0. The SMILES string of the molecule is CCC1CCCCC1(O)CCN. The summed E-state index contributed by atoms with van der Waals surface area (Å²) in [5.74, 6) is 0.495. The highest BCUT2D eigenvalue weighted by Crippen LogP contribution is 2.37. The fourth-order valence-electron chi connectivity index (χ4n) is 2.46. The van der Waals surface area contributed by atoms with Crippen LogP contribution < -0.4 is 5.73 Å². The predicted octanol–water partition coefficient (Wildman–Crippen LogP) is 1.67. The number of nitrogens with two attached hydrogens (primary N) is 1. The third-order valence-corrected chi connectivity index (χ3v) is 3.24. The average Bonchev–Trinajstić information content (AvgIpc) is 2.05. The first-order chi connectivity index (χ1) is 5.73. The number of hydrogen-bond acceptors (Lipinski definition) is 2. The topological polar surface area (TPSA) is 46.2 Å². The highest BCUT2D eigenvalue weighted by Gasteiger charge is 2.36. The summed E-state index contributed by atoms with van der Waals surface area (Å²) in [6.07, 6.45) is 6.48. The highest BCUT2D eigenvalue weighted by atomic mass is 16.3. The van der Waals surface area contributed by atoms with Crippen molar-refractivity contribution >= 4 is 0 Å². The Hall–Kier alpha value is -0.0800. The summed E-state index contributed by atoms with van der Waals surface area (Å²) < 4.78 is 0. The van der Waals surface area contributed by atoms with Crippen LogP contribution in [-0.2, 0) is 0 Å². The van der Waals surface area contributed by atoms with Gasteiger partial charge in [-0.15, -0.1) is 0 Å². The number of rotatable bonds is 3. The highest BCUT2D eigenvalue weighted by molar-refractivity contribution is 4.89. The zero-order valence-corrected chi connectivity index (χ0v) is 8.05.